The number of halogens is 1. The van der Waals surface area contributed by atoms with E-state index >= 15 is 0 Å². The molecule has 1 aromatic heterocycles. The number of ether oxygens (including phenoxy) is 1. The lowest BCUT2D eigenvalue weighted by atomic mass is 10.2. The second kappa shape index (κ2) is 6.96. The zero-order valence-electron chi connectivity index (χ0n) is 11.6. The number of nitrogens with two attached hydrogens (primary N) is 1. The van der Waals surface area contributed by atoms with Crippen LogP contribution in [0.2, 0.25) is 0 Å². The molecule has 1 atom stereocenters. The molecule has 2 rings (SSSR count). The summed E-state index contributed by atoms with van der Waals surface area (Å²) in [5.74, 6) is -0.727. The highest BCUT2D eigenvalue weighted by atomic mass is 19.1. The first kappa shape index (κ1) is 15.1. The van der Waals surface area contributed by atoms with Gasteiger partial charge in [-0.3, -0.25) is 4.79 Å². The largest absolute Gasteiger partial charge is 0.380 e. The summed E-state index contributed by atoms with van der Waals surface area (Å²) >= 11 is 0. The fourth-order valence-electron chi connectivity index (χ4n) is 1.88. The third-order valence-corrected chi connectivity index (χ3v) is 3.02. The van der Waals surface area contributed by atoms with Crippen molar-refractivity contribution in [2.24, 2.45) is 5.73 Å². The van der Waals surface area contributed by atoms with Crippen molar-refractivity contribution in [3.63, 3.8) is 0 Å². The number of imidazole rings is 1. The van der Waals surface area contributed by atoms with E-state index in [2.05, 4.69) is 10.3 Å². The van der Waals surface area contributed by atoms with E-state index in [1.165, 1.54) is 19.5 Å². The number of hydrogen-bond acceptors (Lipinski definition) is 4. The number of rotatable bonds is 6. The van der Waals surface area contributed by atoms with Crippen molar-refractivity contribution in [1.29, 1.82) is 0 Å². The fraction of sp³-hybridized carbons (Fsp3) is 0.286. The molecule has 2 aromatic rings. The topological polar surface area (TPSA) is 82.2 Å². The van der Waals surface area contributed by atoms with Gasteiger partial charge in [-0.05, 0) is 18.2 Å². The average Bonchev–Trinajstić information content (AvgIpc) is 2.98. The zero-order valence-corrected chi connectivity index (χ0v) is 11.6. The predicted molar refractivity (Wildman–Crippen MR) is 76.6 cm³/mol. The van der Waals surface area contributed by atoms with Crippen molar-refractivity contribution in [1.82, 2.24) is 9.55 Å². The first-order valence-electron chi connectivity index (χ1n) is 6.44. The van der Waals surface area contributed by atoms with Crippen LogP contribution >= 0.6 is 0 Å². The molecule has 0 saturated carbocycles. The van der Waals surface area contributed by atoms with Crippen molar-refractivity contribution < 1.29 is 13.9 Å². The van der Waals surface area contributed by atoms with E-state index < -0.39 is 5.82 Å². The van der Waals surface area contributed by atoms with Gasteiger partial charge in [-0.2, -0.15) is 0 Å². The summed E-state index contributed by atoms with van der Waals surface area (Å²) < 4.78 is 20.6. The quantitative estimate of drug-likeness (QED) is 0.841. The first-order valence-corrected chi connectivity index (χ1v) is 6.44. The Labute approximate surface area is 121 Å². The number of nitrogens with zero attached hydrogens (tertiary/aromatic N) is 2. The summed E-state index contributed by atoms with van der Waals surface area (Å²) in [7, 11) is 1.49. The van der Waals surface area contributed by atoms with Crippen LogP contribution in [-0.2, 0) is 9.53 Å². The third kappa shape index (κ3) is 3.87. The second-order valence-electron chi connectivity index (χ2n) is 4.48. The van der Waals surface area contributed by atoms with Gasteiger partial charge in [-0.1, -0.05) is 0 Å². The Bertz CT molecular complexity index is 597. The molecule has 3 N–H and O–H groups in total. The normalized spacial score (nSPS) is 12.1. The number of nitrogens with one attached hydrogen (secondary N) is 1. The lowest BCUT2D eigenvalue weighted by molar-refractivity contribution is -0.118. The van der Waals surface area contributed by atoms with Crippen molar-refractivity contribution in [2.75, 3.05) is 19.0 Å². The minimum absolute atomic E-state index is 0.123. The monoisotopic (exact) mass is 292 g/mol. The minimum atomic E-state index is -0.451. The van der Waals surface area contributed by atoms with Gasteiger partial charge in [0.15, 0.2) is 0 Å². The highest BCUT2D eigenvalue weighted by molar-refractivity contribution is 5.91. The molecule has 1 heterocycles. The van der Waals surface area contributed by atoms with Crippen LogP contribution in [0, 0.1) is 5.82 Å². The van der Waals surface area contributed by atoms with E-state index in [-0.39, 0.29) is 25.0 Å². The van der Waals surface area contributed by atoms with Gasteiger partial charge in [0, 0.05) is 31.7 Å². The fourth-order valence-corrected chi connectivity index (χ4v) is 1.88. The Balaban J connectivity index is 2.05. The molecule has 0 aliphatic rings. The van der Waals surface area contributed by atoms with Crippen LogP contribution in [0.4, 0.5) is 10.1 Å². The number of methoxy groups -OCH3 is 1. The van der Waals surface area contributed by atoms with Crippen molar-refractivity contribution in [3.8, 4) is 5.69 Å². The number of carbonyl (C=O) groups excluding carboxylic acids is 1. The van der Waals surface area contributed by atoms with Crippen LogP contribution < -0.4 is 11.1 Å². The summed E-state index contributed by atoms with van der Waals surface area (Å²) in [6.45, 7) is 0.248. The second-order valence-corrected chi connectivity index (χ2v) is 4.48. The van der Waals surface area contributed by atoms with E-state index in [4.69, 9.17) is 10.5 Å². The maximum atomic E-state index is 14.0. The molecule has 6 nitrogen and oxygen atoms in total. The standard InChI is InChI=1S/C14H17FN4O2/c1-21-11(8-16)7-14(20)18-10-2-3-13(12(15)6-10)19-5-4-17-9-19/h2-6,9,11H,7-8,16H2,1H3,(H,18,20). The number of benzene rings is 1. The molecule has 21 heavy (non-hydrogen) atoms. The smallest absolute Gasteiger partial charge is 0.227 e. The molecule has 112 valence electrons. The Morgan fingerprint density at radius 1 is 1.57 bits per heavy atom. The molecule has 0 radical (unpaired) electrons. The Morgan fingerprint density at radius 2 is 2.38 bits per heavy atom. The summed E-state index contributed by atoms with van der Waals surface area (Å²) in [4.78, 5) is 15.6. The average molecular weight is 292 g/mol. The Morgan fingerprint density at radius 3 is 2.95 bits per heavy atom. The van der Waals surface area contributed by atoms with Gasteiger partial charge in [0.25, 0.3) is 0 Å². The Kier molecular flexibility index (Phi) is 5.02. The van der Waals surface area contributed by atoms with E-state index in [0.717, 1.165) is 0 Å². The number of aromatic nitrogens is 2. The van der Waals surface area contributed by atoms with Crippen LogP contribution in [0.5, 0.6) is 0 Å². The molecule has 0 aliphatic carbocycles. The van der Waals surface area contributed by atoms with Crippen LogP contribution in [0.25, 0.3) is 5.69 Å². The molecule has 7 heteroatoms. The highest BCUT2D eigenvalue weighted by Gasteiger charge is 2.12. The van der Waals surface area contributed by atoms with Gasteiger partial charge in [-0.15, -0.1) is 0 Å². The molecule has 0 saturated heterocycles. The van der Waals surface area contributed by atoms with Gasteiger partial charge in [0.05, 0.1) is 24.5 Å². The first-order chi connectivity index (χ1) is 10.1. The molecule has 1 unspecified atom stereocenters. The van der Waals surface area contributed by atoms with Gasteiger partial charge in [-0.25, -0.2) is 9.37 Å². The summed E-state index contributed by atoms with van der Waals surface area (Å²) in [6.07, 6.45) is 4.48. The molecule has 0 aliphatic heterocycles. The molecular weight excluding hydrogens is 275 g/mol. The molecule has 0 spiro atoms. The van der Waals surface area contributed by atoms with Gasteiger partial charge in [0.1, 0.15) is 5.82 Å². The number of hydrogen-bond donors (Lipinski definition) is 2. The molecule has 1 aromatic carbocycles. The van der Waals surface area contributed by atoms with Crippen molar-refractivity contribution in [2.45, 2.75) is 12.5 Å². The third-order valence-electron chi connectivity index (χ3n) is 3.02. The number of anilines is 1. The molecule has 0 fully saturated rings. The van der Waals surface area contributed by atoms with Crippen LogP contribution in [0.15, 0.2) is 36.9 Å². The van der Waals surface area contributed by atoms with Gasteiger partial charge < -0.3 is 20.4 Å². The predicted octanol–water partition coefficient (Wildman–Crippen LogP) is 1.31. The Hall–Kier alpha value is -2.25. The van der Waals surface area contributed by atoms with Crippen molar-refractivity contribution >= 4 is 11.6 Å². The number of carbonyl (C=O) groups is 1. The van der Waals surface area contributed by atoms with E-state index in [9.17, 15) is 9.18 Å². The van der Waals surface area contributed by atoms with Gasteiger partial charge in [0.2, 0.25) is 5.91 Å². The summed E-state index contributed by atoms with van der Waals surface area (Å²) in [6, 6.07) is 4.46. The van der Waals surface area contributed by atoms with Crippen LogP contribution in [0.3, 0.4) is 0 Å². The summed E-state index contributed by atoms with van der Waals surface area (Å²) in [5, 5.41) is 2.61. The van der Waals surface area contributed by atoms with Crippen LogP contribution in [-0.4, -0.2) is 35.2 Å². The molecule has 1 amide bonds. The maximum Gasteiger partial charge on any atom is 0.227 e. The minimum Gasteiger partial charge on any atom is -0.380 e. The van der Waals surface area contributed by atoms with Gasteiger partial charge >= 0.3 is 0 Å². The van der Waals surface area contributed by atoms with E-state index in [0.29, 0.717) is 11.4 Å². The SMILES string of the molecule is COC(CN)CC(=O)Nc1ccc(-n2ccnc2)c(F)c1. The van der Waals surface area contributed by atoms with Crippen molar-refractivity contribution in [3.05, 3.63) is 42.7 Å². The lowest BCUT2D eigenvalue weighted by Crippen LogP contribution is -2.28. The number of amides is 1. The van der Waals surface area contributed by atoms with E-state index in [1.54, 1.807) is 29.1 Å². The summed E-state index contributed by atoms with van der Waals surface area (Å²) in [5.41, 5.74) is 6.20. The molecular formula is C14H17FN4O2. The highest BCUT2D eigenvalue weighted by Crippen LogP contribution is 2.18. The lowest BCUT2D eigenvalue weighted by Gasteiger charge is -2.13. The molecule has 0 bridgehead atoms. The van der Waals surface area contributed by atoms with Crippen LogP contribution in [0.1, 0.15) is 6.42 Å². The zero-order chi connectivity index (χ0) is 15.2. The van der Waals surface area contributed by atoms with E-state index in [1.807, 2.05) is 0 Å². The maximum absolute atomic E-state index is 14.0.